The summed E-state index contributed by atoms with van der Waals surface area (Å²) >= 11 is 0. The van der Waals surface area contributed by atoms with Gasteiger partial charge >= 0.3 is 0 Å². The molecule has 0 saturated heterocycles. The first-order chi connectivity index (χ1) is 4.45. The molecular formula is C5H13O4P. The summed E-state index contributed by atoms with van der Waals surface area (Å²) in [4.78, 5) is 0. The van der Waals surface area contributed by atoms with Crippen LogP contribution in [0.15, 0.2) is 0 Å². The molecule has 62 valence electrons. The van der Waals surface area contributed by atoms with Crippen molar-refractivity contribution in [2.45, 2.75) is 6.10 Å². The van der Waals surface area contributed by atoms with Crippen LogP contribution < -0.4 is 0 Å². The molecule has 0 fully saturated rings. The van der Waals surface area contributed by atoms with Gasteiger partial charge in [-0.05, 0) is 0 Å². The summed E-state index contributed by atoms with van der Waals surface area (Å²) in [5.74, 6) is 0. The van der Waals surface area contributed by atoms with Crippen LogP contribution in [0.1, 0.15) is 0 Å². The molecule has 0 aromatic rings. The molecule has 10 heavy (non-hydrogen) atoms. The zero-order valence-electron chi connectivity index (χ0n) is 6.15. The van der Waals surface area contributed by atoms with Crippen molar-refractivity contribution >= 4 is 7.37 Å². The Morgan fingerprint density at radius 3 is 2.40 bits per heavy atom. The summed E-state index contributed by atoms with van der Waals surface area (Å²) in [6.07, 6.45) is -0.923. The summed E-state index contributed by atoms with van der Waals surface area (Å²) in [6.45, 7) is 2.48. The third-order valence-corrected chi connectivity index (χ3v) is 1.56. The van der Waals surface area contributed by atoms with E-state index in [9.17, 15) is 4.57 Å². The van der Waals surface area contributed by atoms with E-state index < -0.39 is 13.5 Å². The van der Waals surface area contributed by atoms with Crippen molar-refractivity contribution in [3.05, 3.63) is 0 Å². The van der Waals surface area contributed by atoms with Crippen molar-refractivity contribution in [3.8, 4) is 0 Å². The van der Waals surface area contributed by atoms with Crippen LogP contribution in [0.4, 0.5) is 0 Å². The normalized spacial score (nSPS) is 15.2. The molecule has 0 heterocycles. The Morgan fingerprint density at radius 2 is 2.10 bits per heavy atom. The zero-order valence-corrected chi connectivity index (χ0v) is 7.04. The topological polar surface area (TPSA) is 66.8 Å². The number of hydrogen-bond acceptors (Lipinski definition) is 4. The van der Waals surface area contributed by atoms with Crippen LogP contribution in [0.2, 0.25) is 0 Å². The highest BCUT2D eigenvalue weighted by Gasteiger charge is 2.10. The smallest absolute Gasteiger partial charge is 0.197 e. The van der Waals surface area contributed by atoms with Crippen molar-refractivity contribution in [1.29, 1.82) is 0 Å². The van der Waals surface area contributed by atoms with Gasteiger partial charge in [0, 0.05) is 13.3 Å². The Bertz CT molecular complexity index is 130. The molecule has 0 aromatic heterocycles. The molecule has 5 heteroatoms. The van der Waals surface area contributed by atoms with Crippen LogP contribution in [0.3, 0.4) is 0 Å². The number of aliphatic hydroxyl groups is 2. The minimum Gasteiger partial charge on any atom is -0.394 e. The minimum atomic E-state index is -2.50. The maximum absolute atomic E-state index is 10.8. The molecule has 0 saturated carbocycles. The first kappa shape index (κ1) is 10.1. The molecule has 0 spiro atoms. The van der Waals surface area contributed by atoms with Crippen LogP contribution in [-0.2, 0) is 9.09 Å². The quantitative estimate of drug-likeness (QED) is 0.575. The standard InChI is InChI=1S/C5H13O4P/c1-10(2,8)9-4-5(7)3-6/h5-7H,3-4H2,1-2H3. The number of hydrogen-bond donors (Lipinski definition) is 2. The molecule has 4 nitrogen and oxygen atoms in total. The van der Waals surface area contributed by atoms with Gasteiger partial charge in [0.25, 0.3) is 0 Å². The van der Waals surface area contributed by atoms with Gasteiger partial charge in [0.2, 0.25) is 0 Å². The zero-order chi connectivity index (χ0) is 8.20. The van der Waals surface area contributed by atoms with E-state index in [1.54, 1.807) is 0 Å². The monoisotopic (exact) mass is 168 g/mol. The van der Waals surface area contributed by atoms with Crippen LogP contribution in [0.5, 0.6) is 0 Å². The maximum atomic E-state index is 10.8. The molecule has 0 aliphatic heterocycles. The summed E-state index contributed by atoms with van der Waals surface area (Å²) in [6, 6.07) is 0. The van der Waals surface area contributed by atoms with Gasteiger partial charge in [-0.1, -0.05) is 0 Å². The van der Waals surface area contributed by atoms with Gasteiger partial charge < -0.3 is 14.7 Å². The van der Waals surface area contributed by atoms with E-state index in [-0.39, 0.29) is 13.2 Å². The first-order valence-electron chi connectivity index (χ1n) is 2.94. The predicted octanol–water partition coefficient (Wildman–Crippen LogP) is -0.106. The Hall–Kier alpha value is 0.110. The van der Waals surface area contributed by atoms with Gasteiger partial charge in [-0.15, -0.1) is 0 Å². The molecule has 0 bridgehead atoms. The van der Waals surface area contributed by atoms with E-state index in [0.717, 1.165) is 0 Å². The molecular weight excluding hydrogens is 155 g/mol. The van der Waals surface area contributed by atoms with E-state index in [4.69, 9.17) is 14.7 Å². The van der Waals surface area contributed by atoms with Crippen LogP contribution in [-0.4, -0.2) is 42.9 Å². The summed E-state index contributed by atoms with van der Waals surface area (Å²) in [5, 5.41) is 17.0. The molecule has 0 amide bonds. The first-order valence-corrected chi connectivity index (χ1v) is 5.46. The van der Waals surface area contributed by atoms with Crippen molar-refractivity contribution in [3.63, 3.8) is 0 Å². The van der Waals surface area contributed by atoms with Crippen molar-refractivity contribution in [2.24, 2.45) is 0 Å². The van der Waals surface area contributed by atoms with E-state index in [1.807, 2.05) is 0 Å². The minimum absolute atomic E-state index is 0.0687. The number of rotatable bonds is 4. The SMILES string of the molecule is CP(C)(=O)OCC(O)CO. The summed E-state index contributed by atoms with van der Waals surface area (Å²) in [5.41, 5.74) is 0. The average Bonchev–Trinajstić information content (AvgIpc) is 1.81. The lowest BCUT2D eigenvalue weighted by molar-refractivity contribution is 0.0551. The lowest BCUT2D eigenvalue weighted by Gasteiger charge is -2.10. The van der Waals surface area contributed by atoms with Gasteiger partial charge in [-0.25, -0.2) is 0 Å². The van der Waals surface area contributed by atoms with Gasteiger partial charge in [0.1, 0.15) is 6.10 Å². The highest BCUT2D eigenvalue weighted by molar-refractivity contribution is 7.57. The Morgan fingerprint density at radius 1 is 1.60 bits per heavy atom. The second kappa shape index (κ2) is 4.09. The molecule has 0 radical (unpaired) electrons. The fourth-order valence-corrected chi connectivity index (χ4v) is 0.849. The second-order valence-corrected chi connectivity index (χ2v) is 5.15. The lowest BCUT2D eigenvalue weighted by Crippen LogP contribution is -2.18. The Kier molecular flexibility index (Phi) is 4.13. The van der Waals surface area contributed by atoms with Gasteiger partial charge in [-0.3, -0.25) is 4.57 Å². The summed E-state index contributed by atoms with van der Waals surface area (Å²) in [7, 11) is -2.50. The lowest BCUT2D eigenvalue weighted by atomic mass is 10.4. The molecule has 0 rings (SSSR count). The van der Waals surface area contributed by atoms with E-state index in [2.05, 4.69) is 0 Å². The second-order valence-electron chi connectivity index (χ2n) is 2.38. The van der Waals surface area contributed by atoms with E-state index >= 15 is 0 Å². The largest absolute Gasteiger partial charge is 0.394 e. The molecule has 0 aromatic carbocycles. The van der Waals surface area contributed by atoms with Gasteiger partial charge in [0.05, 0.1) is 13.2 Å². The average molecular weight is 168 g/mol. The van der Waals surface area contributed by atoms with Crippen LogP contribution >= 0.6 is 7.37 Å². The Balaban J connectivity index is 3.46. The van der Waals surface area contributed by atoms with E-state index in [0.29, 0.717) is 0 Å². The third kappa shape index (κ3) is 6.23. The fraction of sp³-hybridized carbons (Fsp3) is 1.00. The highest BCUT2D eigenvalue weighted by atomic mass is 31.2. The third-order valence-electron chi connectivity index (χ3n) is 0.789. The molecule has 0 aliphatic rings. The van der Waals surface area contributed by atoms with Crippen LogP contribution in [0.25, 0.3) is 0 Å². The van der Waals surface area contributed by atoms with Crippen molar-refractivity contribution in [1.82, 2.24) is 0 Å². The Labute approximate surface area is 60.3 Å². The van der Waals surface area contributed by atoms with Crippen molar-refractivity contribution in [2.75, 3.05) is 26.5 Å². The molecule has 2 N–H and O–H groups in total. The molecule has 1 unspecified atom stereocenters. The highest BCUT2D eigenvalue weighted by Crippen LogP contribution is 2.36. The van der Waals surface area contributed by atoms with Crippen LogP contribution in [0, 0.1) is 0 Å². The van der Waals surface area contributed by atoms with Gasteiger partial charge in [-0.2, -0.15) is 0 Å². The van der Waals surface area contributed by atoms with E-state index in [1.165, 1.54) is 13.3 Å². The van der Waals surface area contributed by atoms with Crippen molar-refractivity contribution < 1.29 is 19.3 Å². The predicted molar refractivity (Wildman–Crippen MR) is 38.5 cm³/mol. The summed E-state index contributed by atoms with van der Waals surface area (Å²) < 4.78 is 15.5. The number of aliphatic hydroxyl groups excluding tert-OH is 2. The molecule has 1 atom stereocenters. The molecule has 0 aliphatic carbocycles. The fourth-order valence-electron chi connectivity index (χ4n) is 0.318. The van der Waals surface area contributed by atoms with Gasteiger partial charge in [0.15, 0.2) is 7.37 Å². The maximum Gasteiger partial charge on any atom is 0.197 e.